The summed E-state index contributed by atoms with van der Waals surface area (Å²) in [5.74, 6) is 0.768. The average molecular weight is 394 g/mol. The number of hydrogen-bond acceptors (Lipinski definition) is 5. The molecule has 1 atom stereocenters. The summed E-state index contributed by atoms with van der Waals surface area (Å²) in [4.78, 5) is 20.2. The second-order valence-electron chi connectivity index (χ2n) is 6.66. The summed E-state index contributed by atoms with van der Waals surface area (Å²) in [5.41, 5.74) is 1.79. The predicted octanol–water partition coefficient (Wildman–Crippen LogP) is 4.48. The maximum atomic E-state index is 13.1. The van der Waals surface area contributed by atoms with E-state index in [9.17, 15) is 4.79 Å². The summed E-state index contributed by atoms with van der Waals surface area (Å²) < 4.78 is 11.0. The highest BCUT2D eigenvalue weighted by atomic mass is 32.2. The number of rotatable bonds is 5. The molecule has 0 N–H and O–H groups in total. The molecule has 2 aromatic rings. The van der Waals surface area contributed by atoms with Crippen LogP contribution in [-0.4, -0.2) is 42.3 Å². The Bertz CT molecular complexity index is 888. The van der Waals surface area contributed by atoms with E-state index >= 15 is 0 Å². The molecule has 2 fully saturated rings. The molecule has 1 amide bonds. The topological polar surface area (TPSA) is 51.1 Å². The smallest absolute Gasteiger partial charge is 0.266 e. The second-order valence-corrected chi connectivity index (χ2v) is 7.67. The van der Waals surface area contributed by atoms with E-state index in [0.29, 0.717) is 16.6 Å². The maximum absolute atomic E-state index is 13.1. The van der Waals surface area contributed by atoms with E-state index in [-0.39, 0.29) is 12.0 Å². The highest BCUT2D eigenvalue weighted by Gasteiger charge is 2.35. The Kier molecular flexibility index (Phi) is 5.78. The molecule has 0 spiro atoms. The van der Waals surface area contributed by atoms with Gasteiger partial charge >= 0.3 is 0 Å². The van der Waals surface area contributed by atoms with Gasteiger partial charge < -0.3 is 9.47 Å². The summed E-state index contributed by atoms with van der Waals surface area (Å²) in [5, 5.41) is 0.700. The number of ether oxygens (including phenoxy) is 2. The number of benzene rings is 2. The summed E-state index contributed by atoms with van der Waals surface area (Å²) in [7, 11) is 1.64. The van der Waals surface area contributed by atoms with Gasteiger partial charge in [0.25, 0.3) is 5.91 Å². The normalized spacial score (nSPS) is 22.4. The zero-order valence-electron chi connectivity index (χ0n) is 15.7. The molecule has 144 valence electrons. The predicted molar refractivity (Wildman–Crippen MR) is 113 cm³/mol. The van der Waals surface area contributed by atoms with Gasteiger partial charge in [-0.05, 0) is 60.5 Å². The molecule has 4 rings (SSSR count). The number of amides is 1. The Hall–Kier alpha value is -2.57. The molecule has 2 aliphatic rings. The minimum atomic E-state index is -0.0222. The van der Waals surface area contributed by atoms with Crippen LogP contribution in [-0.2, 0) is 9.53 Å². The number of para-hydroxylation sites is 1. The largest absolute Gasteiger partial charge is 0.497 e. The van der Waals surface area contributed by atoms with Crippen molar-refractivity contribution < 1.29 is 14.3 Å². The third-order valence-electron chi connectivity index (χ3n) is 4.69. The molecule has 5 nitrogen and oxygen atoms in total. The van der Waals surface area contributed by atoms with Gasteiger partial charge in [0, 0.05) is 6.61 Å². The van der Waals surface area contributed by atoms with E-state index in [2.05, 4.69) is 0 Å². The van der Waals surface area contributed by atoms with E-state index in [1.807, 2.05) is 60.7 Å². The van der Waals surface area contributed by atoms with Gasteiger partial charge in [-0.2, -0.15) is 0 Å². The van der Waals surface area contributed by atoms with Crippen molar-refractivity contribution in [3.63, 3.8) is 0 Å². The van der Waals surface area contributed by atoms with Gasteiger partial charge in [0.1, 0.15) is 5.75 Å². The minimum Gasteiger partial charge on any atom is -0.497 e. The van der Waals surface area contributed by atoms with Crippen molar-refractivity contribution in [2.24, 2.45) is 4.99 Å². The third kappa shape index (κ3) is 4.29. The average Bonchev–Trinajstić information content (AvgIpc) is 3.34. The van der Waals surface area contributed by atoms with Crippen LogP contribution in [0.25, 0.3) is 6.08 Å². The fraction of sp³-hybridized carbons (Fsp3) is 0.273. The molecule has 2 aromatic carbocycles. The molecule has 2 aliphatic heterocycles. The van der Waals surface area contributed by atoms with E-state index < -0.39 is 0 Å². The molecule has 0 radical (unpaired) electrons. The lowest BCUT2D eigenvalue weighted by Crippen LogP contribution is -2.36. The first-order chi connectivity index (χ1) is 13.7. The molecule has 2 heterocycles. The summed E-state index contributed by atoms with van der Waals surface area (Å²) in [6.45, 7) is 1.30. The lowest BCUT2D eigenvalue weighted by atomic mass is 10.2. The summed E-state index contributed by atoms with van der Waals surface area (Å²) in [6.07, 6.45) is 4.00. The fourth-order valence-corrected chi connectivity index (χ4v) is 4.22. The van der Waals surface area contributed by atoms with Crippen molar-refractivity contribution in [3.05, 3.63) is 65.1 Å². The lowest BCUT2D eigenvalue weighted by molar-refractivity contribution is -0.123. The number of thioether (sulfide) groups is 1. The van der Waals surface area contributed by atoms with E-state index in [0.717, 1.165) is 36.4 Å². The van der Waals surface area contributed by atoms with Gasteiger partial charge in [-0.1, -0.05) is 30.3 Å². The Morgan fingerprint density at radius 3 is 2.68 bits per heavy atom. The SMILES string of the molecule is COc1ccc(/C=C2/SC(=Nc3ccccc3)N(C[C@H]3CCCO3)C2=O)cc1. The van der Waals surface area contributed by atoms with Crippen molar-refractivity contribution in [1.29, 1.82) is 0 Å². The number of nitrogens with zero attached hydrogens (tertiary/aromatic N) is 2. The Labute approximate surface area is 169 Å². The molecular weight excluding hydrogens is 372 g/mol. The van der Waals surface area contributed by atoms with Crippen LogP contribution in [0, 0.1) is 0 Å². The monoisotopic (exact) mass is 394 g/mol. The van der Waals surface area contributed by atoms with Crippen LogP contribution in [0.3, 0.4) is 0 Å². The molecule has 0 saturated carbocycles. The summed E-state index contributed by atoms with van der Waals surface area (Å²) >= 11 is 1.41. The van der Waals surface area contributed by atoms with Gasteiger partial charge in [-0.25, -0.2) is 4.99 Å². The van der Waals surface area contributed by atoms with Crippen LogP contribution < -0.4 is 4.74 Å². The minimum absolute atomic E-state index is 0.0222. The number of aliphatic imine (C=N–C) groups is 1. The highest BCUT2D eigenvalue weighted by molar-refractivity contribution is 8.18. The van der Waals surface area contributed by atoms with E-state index in [4.69, 9.17) is 14.5 Å². The first-order valence-corrected chi connectivity index (χ1v) is 10.2. The standard InChI is InChI=1S/C22H22N2O3S/c1-26-18-11-9-16(10-12-18)14-20-21(25)24(15-19-8-5-13-27-19)22(28-20)23-17-6-3-2-4-7-17/h2-4,6-7,9-12,14,19H,5,8,13,15H2,1H3/b20-14+,23-22?/t19-/m1/s1. The van der Waals surface area contributed by atoms with E-state index in [1.165, 1.54) is 11.8 Å². The Morgan fingerprint density at radius 1 is 1.21 bits per heavy atom. The molecule has 0 unspecified atom stereocenters. The Balaban J connectivity index is 1.62. The van der Waals surface area contributed by atoms with Crippen molar-refractivity contribution in [1.82, 2.24) is 4.90 Å². The van der Waals surface area contributed by atoms with Crippen molar-refractivity contribution >= 4 is 34.6 Å². The van der Waals surface area contributed by atoms with Crippen LogP contribution in [0.5, 0.6) is 5.75 Å². The molecule has 2 saturated heterocycles. The summed E-state index contributed by atoms with van der Waals surface area (Å²) in [6, 6.07) is 17.4. The van der Waals surface area contributed by atoms with Crippen molar-refractivity contribution in [2.45, 2.75) is 18.9 Å². The Morgan fingerprint density at radius 2 is 2.00 bits per heavy atom. The van der Waals surface area contributed by atoms with Gasteiger partial charge in [0.05, 0.1) is 30.4 Å². The lowest BCUT2D eigenvalue weighted by Gasteiger charge is -2.19. The molecule has 6 heteroatoms. The van der Waals surface area contributed by atoms with Crippen molar-refractivity contribution in [2.75, 3.05) is 20.3 Å². The fourth-order valence-electron chi connectivity index (χ4n) is 3.21. The first kappa shape index (κ1) is 18.8. The van der Waals surface area contributed by atoms with E-state index in [1.54, 1.807) is 12.0 Å². The molecule has 0 aliphatic carbocycles. The van der Waals surface area contributed by atoms with Gasteiger partial charge in [-0.15, -0.1) is 0 Å². The van der Waals surface area contributed by atoms with Gasteiger partial charge in [0.15, 0.2) is 5.17 Å². The number of carbonyl (C=O) groups is 1. The quantitative estimate of drug-likeness (QED) is 0.702. The van der Waals surface area contributed by atoms with Crippen LogP contribution in [0.15, 0.2) is 64.5 Å². The second kappa shape index (κ2) is 8.63. The molecule has 28 heavy (non-hydrogen) atoms. The van der Waals surface area contributed by atoms with Crippen molar-refractivity contribution in [3.8, 4) is 5.75 Å². The zero-order chi connectivity index (χ0) is 19.3. The third-order valence-corrected chi connectivity index (χ3v) is 5.70. The van der Waals surface area contributed by atoms with Crippen LogP contribution in [0.1, 0.15) is 18.4 Å². The number of methoxy groups -OCH3 is 1. The zero-order valence-corrected chi connectivity index (χ0v) is 16.5. The number of carbonyl (C=O) groups excluding carboxylic acids is 1. The van der Waals surface area contributed by atoms with Crippen LogP contribution in [0.4, 0.5) is 5.69 Å². The van der Waals surface area contributed by atoms with Gasteiger partial charge in [-0.3, -0.25) is 9.69 Å². The first-order valence-electron chi connectivity index (χ1n) is 9.34. The number of amidine groups is 1. The molecular formula is C22H22N2O3S. The molecule has 0 bridgehead atoms. The van der Waals surface area contributed by atoms with Crippen LogP contribution >= 0.6 is 11.8 Å². The highest BCUT2D eigenvalue weighted by Crippen LogP contribution is 2.35. The maximum Gasteiger partial charge on any atom is 0.266 e. The number of hydrogen-bond donors (Lipinski definition) is 0. The van der Waals surface area contributed by atoms with Gasteiger partial charge in [0.2, 0.25) is 0 Å². The molecule has 0 aromatic heterocycles. The van der Waals surface area contributed by atoms with Crippen LogP contribution in [0.2, 0.25) is 0 Å².